The van der Waals surface area contributed by atoms with Crippen molar-refractivity contribution >= 4 is 23.0 Å². The number of ketones is 1. The highest BCUT2D eigenvalue weighted by molar-refractivity contribution is 7.15. The monoisotopic (exact) mass is 253 g/mol. The molecule has 0 aromatic carbocycles. The van der Waals surface area contributed by atoms with Crippen LogP contribution in [0.15, 0.2) is 12.1 Å². The molecule has 1 N–H and O–H groups in total. The van der Waals surface area contributed by atoms with Gasteiger partial charge in [-0.15, -0.1) is 11.3 Å². The molecule has 1 aliphatic rings. The minimum absolute atomic E-state index is 0.0206. The highest BCUT2D eigenvalue weighted by Gasteiger charge is 2.24. The molecule has 0 radical (unpaired) electrons. The van der Waals surface area contributed by atoms with Gasteiger partial charge in [0.15, 0.2) is 5.78 Å². The van der Waals surface area contributed by atoms with Crippen molar-refractivity contribution in [3.63, 3.8) is 0 Å². The van der Waals surface area contributed by atoms with Crippen molar-refractivity contribution in [1.82, 2.24) is 4.90 Å². The van der Waals surface area contributed by atoms with E-state index in [4.69, 9.17) is 0 Å². The Morgan fingerprint density at radius 2 is 2.12 bits per heavy atom. The number of nitrogens with zero attached hydrogens (tertiary/aromatic N) is 1. The quantitative estimate of drug-likeness (QED) is 0.813. The molecule has 1 aromatic rings. The fourth-order valence-corrected chi connectivity index (χ4v) is 2.81. The fourth-order valence-electron chi connectivity index (χ4n) is 1.94. The van der Waals surface area contributed by atoms with Crippen molar-refractivity contribution in [3.8, 4) is 0 Å². The van der Waals surface area contributed by atoms with Gasteiger partial charge < -0.3 is 10.0 Å². The van der Waals surface area contributed by atoms with E-state index in [9.17, 15) is 14.7 Å². The first kappa shape index (κ1) is 12.3. The van der Waals surface area contributed by atoms with E-state index < -0.39 is 6.10 Å². The Kier molecular flexibility index (Phi) is 3.59. The van der Waals surface area contributed by atoms with Crippen molar-refractivity contribution in [2.45, 2.75) is 25.9 Å². The van der Waals surface area contributed by atoms with Gasteiger partial charge in [0.1, 0.15) is 0 Å². The summed E-state index contributed by atoms with van der Waals surface area (Å²) in [6.45, 7) is 2.57. The van der Waals surface area contributed by atoms with Gasteiger partial charge in [-0.3, -0.25) is 9.59 Å². The van der Waals surface area contributed by atoms with Crippen molar-refractivity contribution < 1.29 is 14.7 Å². The summed E-state index contributed by atoms with van der Waals surface area (Å²) in [6.07, 6.45) is 1.17. The van der Waals surface area contributed by atoms with E-state index in [0.29, 0.717) is 22.8 Å². The van der Waals surface area contributed by atoms with Crippen LogP contribution in [0, 0.1) is 0 Å². The van der Waals surface area contributed by atoms with Gasteiger partial charge in [-0.25, -0.2) is 0 Å². The Balaban J connectivity index is 2.10. The fraction of sp³-hybridized carbons (Fsp3) is 0.500. The highest BCUT2D eigenvalue weighted by Crippen LogP contribution is 2.21. The second-order valence-electron chi connectivity index (χ2n) is 4.27. The predicted molar refractivity (Wildman–Crippen MR) is 65.5 cm³/mol. The number of rotatable bonds is 2. The summed E-state index contributed by atoms with van der Waals surface area (Å²) >= 11 is 1.22. The third kappa shape index (κ3) is 2.73. The van der Waals surface area contributed by atoms with Gasteiger partial charge in [-0.1, -0.05) is 0 Å². The third-order valence-electron chi connectivity index (χ3n) is 2.85. The van der Waals surface area contributed by atoms with Crippen LogP contribution in [0.5, 0.6) is 0 Å². The summed E-state index contributed by atoms with van der Waals surface area (Å²) in [6, 6.07) is 3.37. The first-order valence-electron chi connectivity index (χ1n) is 5.66. The molecular weight excluding hydrogens is 238 g/mol. The molecule has 0 saturated carbocycles. The molecule has 1 atom stereocenters. The number of aliphatic hydroxyl groups is 1. The normalized spacial score (nSPS) is 20.4. The molecular formula is C12H15NO3S. The number of thiophene rings is 1. The molecule has 0 bridgehead atoms. The standard InChI is InChI=1S/C12H15NO3S/c1-8(14)10-4-5-11(17-10)12(16)13-6-2-3-9(15)7-13/h4-5,9,15H,2-3,6-7H2,1H3/t9-/m1/s1. The van der Waals surface area contributed by atoms with Crippen molar-refractivity contribution in [2.24, 2.45) is 0 Å². The van der Waals surface area contributed by atoms with Crippen LogP contribution in [-0.4, -0.2) is 40.9 Å². The number of carbonyl (C=O) groups is 2. The van der Waals surface area contributed by atoms with Crippen molar-refractivity contribution in [1.29, 1.82) is 0 Å². The van der Waals surface area contributed by atoms with Gasteiger partial charge in [0.05, 0.1) is 15.9 Å². The van der Waals surface area contributed by atoms with Crippen LogP contribution in [0.2, 0.25) is 0 Å². The largest absolute Gasteiger partial charge is 0.391 e. The number of carbonyl (C=O) groups excluding carboxylic acids is 2. The predicted octanol–water partition coefficient (Wildman–Crippen LogP) is 1.55. The lowest BCUT2D eigenvalue weighted by Gasteiger charge is -2.29. The van der Waals surface area contributed by atoms with Crippen LogP contribution in [0.25, 0.3) is 0 Å². The van der Waals surface area contributed by atoms with Crippen LogP contribution in [0.4, 0.5) is 0 Å². The van der Waals surface area contributed by atoms with Gasteiger partial charge in [0.25, 0.3) is 5.91 Å². The second kappa shape index (κ2) is 4.98. The molecule has 1 amide bonds. The third-order valence-corrected chi connectivity index (χ3v) is 4.02. The van der Waals surface area contributed by atoms with Gasteiger partial charge in [-0.05, 0) is 31.9 Å². The number of Topliss-reactive ketones (excluding diaryl/α,β-unsaturated/α-hetero) is 1. The molecule has 1 aromatic heterocycles. The molecule has 1 saturated heterocycles. The van der Waals surface area contributed by atoms with Gasteiger partial charge in [0, 0.05) is 13.1 Å². The van der Waals surface area contributed by atoms with E-state index in [1.54, 1.807) is 17.0 Å². The molecule has 0 spiro atoms. The zero-order valence-corrected chi connectivity index (χ0v) is 10.5. The molecule has 0 aliphatic carbocycles. The number of hydrogen-bond donors (Lipinski definition) is 1. The summed E-state index contributed by atoms with van der Waals surface area (Å²) in [5.74, 6) is -0.103. The first-order chi connectivity index (χ1) is 8.08. The Morgan fingerprint density at radius 1 is 1.41 bits per heavy atom. The Bertz CT molecular complexity index is 441. The Labute approximate surface area is 104 Å². The molecule has 2 heterocycles. The second-order valence-corrected chi connectivity index (χ2v) is 5.35. The summed E-state index contributed by atoms with van der Waals surface area (Å²) in [5, 5.41) is 9.52. The highest BCUT2D eigenvalue weighted by atomic mass is 32.1. The molecule has 1 fully saturated rings. The number of amides is 1. The molecule has 5 heteroatoms. The summed E-state index contributed by atoms with van der Waals surface area (Å²) in [5.41, 5.74) is 0. The maximum Gasteiger partial charge on any atom is 0.264 e. The maximum atomic E-state index is 12.1. The lowest BCUT2D eigenvalue weighted by Crippen LogP contribution is -2.41. The van der Waals surface area contributed by atoms with E-state index in [1.807, 2.05) is 0 Å². The lowest BCUT2D eigenvalue weighted by atomic mass is 10.1. The average molecular weight is 253 g/mol. The van der Waals surface area contributed by atoms with Crippen LogP contribution in [-0.2, 0) is 0 Å². The molecule has 2 rings (SSSR count). The van der Waals surface area contributed by atoms with Crippen LogP contribution < -0.4 is 0 Å². The maximum absolute atomic E-state index is 12.1. The molecule has 92 valence electrons. The zero-order valence-electron chi connectivity index (χ0n) is 9.68. The smallest absolute Gasteiger partial charge is 0.264 e. The minimum atomic E-state index is -0.417. The topological polar surface area (TPSA) is 57.6 Å². The summed E-state index contributed by atoms with van der Waals surface area (Å²) in [7, 11) is 0. The molecule has 0 unspecified atom stereocenters. The van der Waals surface area contributed by atoms with E-state index >= 15 is 0 Å². The summed E-state index contributed by atoms with van der Waals surface area (Å²) in [4.78, 5) is 26.1. The Morgan fingerprint density at radius 3 is 2.71 bits per heavy atom. The minimum Gasteiger partial charge on any atom is -0.391 e. The Hall–Kier alpha value is -1.20. The van der Waals surface area contributed by atoms with E-state index in [2.05, 4.69) is 0 Å². The van der Waals surface area contributed by atoms with Crippen LogP contribution in [0.1, 0.15) is 39.1 Å². The van der Waals surface area contributed by atoms with Gasteiger partial charge in [-0.2, -0.15) is 0 Å². The number of piperidine rings is 1. The van der Waals surface area contributed by atoms with Gasteiger partial charge >= 0.3 is 0 Å². The van der Waals surface area contributed by atoms with Gasteiger partial charge in [0.2, 0.25) is 0 Å². The summed E-state index contributed by atoms with van der Waals surface area (Å²) < 4.78 is 0. The SMILES string of the molecule is CC(=O)c1ccc(C(=O)N2CCC[C@@H](O)C2)s1. The van der Waals surface area contributed by atoms with Crippen molar-refractivity contribution in [3.05, 3.63) is 21.9 Å². The van der Waals surface area contributed by atoms with E-state index in [1.165, 1.54) is 18.3 Å². The number of likely N-dealkylation sites (tertiary alicyclic amines) is 1. The number of aliphatic hydroxyl groups excluding tert-OH is 1. The number of β-amino-alcohol motifs (C(OH)–C–C–N with tert-alkyl or cyclic N) is 1. The van der Waals surface area contributed by atoms with E-state index in [0.717, 1.165) is 12.8 Å². The first-order valence-corrected chi connectivity index (χ1v) is 6.47. The van der Waals surface area contributed by atoms with E-state index in [-0.39, 0.29) is 11.7 Å². The molecule has 1 aliphatic heterocycles. The van der Waals surface area contributed by atoms with Crippen molar-refractivity contribution in [2.75, 3.05) is 13.1 Å². The average Bonchev–Trinajstić information content (AvgIpc) is 2.77. The number of hydrogen-bond acceptors (Lipinski definition) is 4. The molecule has 17 heavy (non-hydrogen) atoms. The zero-order chi connectivity index (χ0) is 12.4. The van der Waals surface area contributed by atoms with Crippen LogP contribution in [0.3, 0.4) is 0 Å². The van der Waals surface area contributed by atoms with Crippen LogP contribution >= 0.6 is 11.3 Å². The molecule has 4 nitrogen and oxygen atoms in total. The lowest BCUT2D eigenvalue weighted by molar-refractivity contribution is 0.0478.